The summed E-state index contributed by atoms with van der Waals surface area (Å²) in [5, 5.41) is 2.90. The Morgan fingerprint density at radius 1 is 0.857 bits per heavy atom. The van der Waals surface area contributed by atoms with E-state index in [0.29, 0.717) is 17.1 Å². The number of hydrogen-bond donors (Lipinski definition) is 1. The second-order valence-corrected chi connectivity index (χ2v) is 6.38. The van der Waals surface area contributed by atoms with Crippen molar-refractivity contribution in [3.05, 3.63) is 96.4 Å². The summed E-state index contributed by atoms with van der Waals surface area (Å²) in [5.41, 5.74) is 4.57. The molecule has 1 N–H and O–H groups in total. The Hall–Kier alpha value is -3.86. The van der Waals surface area contributed by atoms with Crippen molar-refractivity contribution in [2.45, 2.75) is 6.92 Å². The van der Waals surface area contributed by atoms with Gasteiger partial charge in [-0.1, -0.05) is 48.0 Å². The zero-order valence-electron chi connectivity index (χ0n) is 15.3. The van der Waals surface area contributed by atoms with Crippen LogP contribution in [0.3, 0.4) is 0 Å². The van der Waals surface area contributed by atoms with Crippen LogP contribution in [0.25, 0.3) is 22.6 Å². The first-order valence-corrected chi connectivity index (χ1v) is 8.91. The summed E-state index contributed by atoms with van der Waals surface area (Å²) in [6, 6.07) is 21.0. The molecular weight excluding hydrogens is 348 g/mol. The topological polar surface area (TPSA) is 67.8 Å². The number of benzene rings is 2. The fourth-order valence-corrected chi connectivity index (χ4v) is 2.84. The maximum Gasteiger partial charge on any atom is 0.259 e. The molecule has 0 saturated heterocycles. The smallest absolute Gasteiger partial charge is 0.259 e. The number of carbonyl (C=O) groups is 1. The molecule has 2 aromatic carbocycles. The van der Waals surface area contributed by atoms with Gasteiger partial charge in [-0.05, 0) is 31.2 Å². The molecule has 0 spiro atoms. The van der Waals surface area contributed by atoms with Gasteiger partial charge in [-0.2, -0.15) is 0 Å². The fourth-order valence-electron chi connectivity index (χ4n) is 2.84. The summed E-state index contributed by atoms with van der Waals surface area (Å²) in [5.74, 6) is 0.316. The molecule has 0 aliphatic rings. The molecule has 28 heavy (non-hydrogen) atoms. The van der Waals surface area contributed by atoms with Crippen molar-refractivity contribution in [2.75, 3.05) is 5.32 Å². The third kappa shape index (κ3) is 3.78. The lowest BCUT2D eigenvalue weighted by Gasteiger charge is -2.11. The molecule has 0 unspecified atom stereocenters. The highest BCUT2D eigenvalue weighted by Crippen LogP contribution is 2.25. The second-order valence-electron chi connectivity index (χ2n) is 6.38. The molecule has 4 rings (SSSR count). The van der Waals surface area contributed by atoms with Crippen LogP contribution in [-0.4, -0.2) is 20.9 Å². The van der Waals surface area contributed by atoms with Crippen molar-refractivity contribution in [1.82, 2.24) is 15.0 Å². The average Bonchev–Trinajstić information content (AvgIpc) is 2.75. The minimum atomic E-state index is -0.256. The van der Waals surface area contributed by atoms with Crippen LogP contribution < -0.4 is 5.32 Å². The molecule has 0 aliphatic heterocycles. The molecule has 0 aliphatic carbocycles. The van der Waals surface area contributed by atoms with Gasteiger partial charge in [0.2, 0.25) is 0 Å². The average molecular weight is 366 g/mol. The van der Waals surface area contributed by atoms with E-state index in [-0.39, 0.29) is 5.91 Å². The number of rotatable bonds is 4. The highest BCUT2D eigenvalue weighted by molar-refractivity contribution is 6.08. The number of aromatic nitrogens is 3. The van der Waals surface area contributed by atoms with Crippen LogP contribution in [0.2, 0.25) is 0 Å². The zero-order chi connectivity index (χ0) is 19.3. The third-order valence-corrected chi connectivity index (χ3v) is 4.33. The van der Waals surface area contributed by atoms with Crippen molar-refractivity contribution < 1.29 is 4.79 Å². The molecule has 0 atom stereocenters. The normalized spacial score (nSPS) is 10.5. The number of anilines is 1. The molecule has 4 aromatic rings. The molecular formula is C23H18N4O. The van der Waals surface area contributed by atoms with Crippen LogP contribution in [0.15, 0.2) is 85.3 Å². The van der Waals surface area contributed by atoms with Gasteiger partial charge < -0.3 is 5.32 Å². The van der Waals surface area contributed by atoms with Gasteiger partial charge in [0.15, 0.2) is 5.82 Å². The largest absolute Gasteiger partial charge is 0.322 e. The minimum absolute atomic E-state index is 0.256. The Morgan fingerprint density at radius 3 is 2.29 bits per heavy atom. The van der Waals surface area contributed by atoms with Crippen molar-refractivity contribution in [3.8, 4) is 22.6 Å². The van der Waals surface area contributed by atoms with Crippen LogP contribution in [-0.2, 0) is 0 Å². The van der Waals surface area contributed by atoms with E-state index in [1.165, 1.54) is 0 Å². The summed E-state index contributed by atoms with van der Waals surface area (Å²) >= 11 is 0. The summed E-state index contributed by atoms with van der Waals surface area (Å²) in [7, 11) is 0. The van der Waals surface area contributed by atoms with E-state index < -0.39 is 0 Å². The van der Waals surface area contributed by atoms with Crippen molar-refractivity contribution in [1.29, 1.82) is 0 Å². The predicted molar refractivity (Wildman–Crippen MR) is 110 cm³/mol. The van der Waals surface area contributed by atoms with Crippen molar-refractivity contribution >= 4 is 11.6 Å². The highest BCUT2D eigenvalue weighted by Gasteiger charge is 2.17. The quantitative estimate of drug-likeness (QED) is 0.565. The number of pyridine rings is 1. The van der Waals surface area contributed by atoms with Crippen LogP contribution in [0.4, 0.5) is 5.69 Å². The van der Waals surface area contributed by atoms with E-state index >= 15 is 0 Å². The maximum atomic E-state index is 12.9. The van der Waals surface area contributed by atoms with E-state index in [1.54, 1.807) is 18.6 Å². The standard InChI is InChI=1S/C23H18N4O/c1-16-7-9-18(10-8-16)22-25-15-20(21(27-22)17-11-13-24-14-12-17)23(28)26-19-5-3-2-4-6-19/h2-15H,1H3,(H,26,28). The Labute approximate surface area is 163 Å². The van der Waals surface area contributed by atoms with E-state index in [2.05, 4.69) is 15.3 Å². The SMILES string of the molecule is Cc1ccc(-c2ncc(C(=O)Nc3ccccc3)c(-c3ccncc3)n2)cc1. The van der Waals surface area contributed by atoms with E-state index in [0.717, 1.165) is 22.4 Å². The molecule has 2 heterocycles. The molecule has 5 heteroatoms. The summed E-state index contributed by atoms with van der Waals surface area (Å²) in [6.07, 6.45) is 4.94. The number of amides is 1. The first-order chi connectivity index (χ1) is 13.7. The van der Waals surface area contributed by atoms with Crippen molar-refractivity contribution in [3.63, 3.8) is 0 Å². The number of aryl methyl sites for hydroxylation is 1. The van der Waals surface area contributed by atoms with Gasteiger partial charge in [0.1, 0.15) is 0 Å². The predicted octanol–water partition coefficient (Wildman–Crippen LogP) is 4.77. The molecule has 0 radical (unpaired) electrons. The minimum Gasteiger partial charge on any atom is -0.322 e. The molecule has 1 amide bonds. The number of hydrogen-bond acceptors (Lipinski definition) is 4. The number of carbonyl (C=O) groups excluding carboxylic acids is 1. The molecule has 0 bridgehead atoms. The number of nitrogens with one attached hydrogen (secondary N) is 1. The zero-order valence-corrected chi connectivity index (χ0v) is 15.3. The number of para-hydroxylation sites is 1. The van der Waals surface area contributed by atoms with E-state index in [4.69, 9.17) is 4.98 Å². The molecule has 5 nitrogen and oxygen atoms in total. The van der Waals surface area contributed by atoms with Gasteiger partial charge in [-0.15, -0.1) is 0 Å². The maximum absolute atomic E-state index is 12.9. The molecule has 0 saturated carbocycles. The Morgan fingerprint density at radius 2 is 1.57 bits per heavy atom. The monoisotopic (exact) mass is 366 g/mol. The fraction of sp³-hybridized carbons (Fsp3) is 0.0435. The summed E-state index contributed by atoms with van der Waals surface area (Å²) in [4.78, 5) is 26.1. The van der Waals surface area contributed by atoms with Gasteiger partial charge in [0.05, 0.1) is 11.3 Å². The van der Waals surface area contributed by atoms with Gasteiger partial charge in [0, 0.05) is 35.4 Å². The summed E-state index contributed by atoms with van der Waals surface area (Å²) in [6.45, 7) is 2.03. The summed E-state index contributed by atoms with van der Waals surface area (Å²) < 4.78 is 0. The Kier molecular flexibility index (Phi) is 4.89. The Bertz CT molecular complexity index is 1090. The third-order valence-electron chi connectivity index (χ3n) is 4.33. The molecule has 136 valence electrons. The lowest BCUT2D eigenvalue weighted by atomic mass is 10.1. The highest BCUT2D eigenvalue weighted by atomic mass is 16.1. The first-order valence-electron chi connectivity index (χ1n) is 8.91. The van der Waals surface area contributed by atoms with E-state index in [1.807, 2.05) is 73.7 Å². The van der Waals surface area contributed by atoms with Gasteiger partial charge in [-0.3, -0.25) is 9.78 Å². The van der Waals surface area contributed by atoms with E-state index in [9.17, 15) is 4.79 Å². The van der Waals surface area contributed by atoms with Crippen molar-refractivity contribution in [2.24, 2.45) is 0 Å². The van der Waals surface area contributed by atoms with Crippen LogP contribution in [0, 0.1) is 6.92 Å². The van der Waals surface area contributed by atoms with Gasteiger partial charge in [-0.25, -0.2) is 9.97 Å². The van der Waals surface area contributed by atoms with Gasteiger partial charge >= 0.3 is 0 Å². The Balaban J connectivity index is 1.77. The first kappa shape index (κ1) is 17.5. The lowest BCUT2D eigenvalue weighted by Crippen LogP contribution is -2.15. The van der Waals surface area contributed by atoms with Crippen LogP contribution in [0.5, 0.6) is 0 Å². The van der Waals surface area contributed by atoms with Crippen LogP contribution >= 0.6 is 0 Å². The van der Waals surface area contributed by atoms with Gasteiger partial charge in [0.25, 0.3) is 5.91 Å². The van der Waals surface area contributed by atoms with Crippen LogP contribution in [0.1, 0.15) is 15.9 Å². The number of nitrogens with zero attached hydrogens (tertiary/aromatic N) is 3. The molecule has 0 fully saturated rings. The second kappa shape index (κ2) is 7.80. The molecule has 2 aromatic heterocycles. The lowest BCUT2D eigenvalue weighted by molar-refractivity contribution is 0.102.